The van der Waals surface area contributed by atoms with Crippen LogP contribution in [0.2, 0.25) is 0 Å². The van der Waals surface area contributed by atoms with Crippen molar-refractivity contribution in [2.45, 2.75) is 51.9 Å². The van der Waals surface area contributed by atoms with Gasteiger partial charge < -0.3 is 9.67 Å². The lowest BCUT2D eigenvalue weighted by Crippen LogP contribution is -2.41. The Balaban J connectivity index is 2.76. The SMILES string of the molecule is CCCCCCCCC(=O)c1c([O-])n(C)c(=O)n(C)c1=O. The maximum absolute atomic E-state index is 12.1. The standard InChI is InChI=1S/C15H24N2O4/c1-4-5-6-7-8-9-10-11(18)12-13(19)16(2)15(21)17(3)14(12)20/h19H,4-10H2,1-3H3/p-1. The third-order valence-corrected chi connectivity index (χ3v) is 3.65. The van der Waals surface area contributed by atoms with E-state index in [9.17, 15) is 19.5 Å². The van der Waals surface area contributed by atoms with Crippen LogP contribution in [-0.4, -0.2) is 14.9 Å². The first-order valence-corrected chi connectivity index (χ1v) is 7.42. The number of hydrogen-bond donors (Lipinski definition) is 0. The largest absolute Gasteiger partial charge is 0.859 e. The fourth-order valence-corrected chi connectivity index (χ4v) is 2.26. The quantitative estimate of drug-likeness (QED) is 0.531. The third-order valence-electron chi connectivity index (χ3n) is 3.65. The van der Waals surface area contributed by atoms with Crippen molar-refractivity contribution in [2.24, 2.45) is 14.1 Å². The summed E-state index contributed by atoms with van der Waals surface area (Å²) in [6.45, 7) is 2.13. The molecule has 21 heavy (non-hydrogen) atoms. The Bertz CT molecular complexity index is 613. The number of ketones is 1. The van der Waals surface area contributed by atoms with E-state index in [0.717, 1.165) is 34.8 Å². The van der Waals surface area contributed by atoms with Gasteiger partial charge in [-0.05, 0) is 12.3 Å². The molecule has 1 aromatic heterocycles. The van der Waals surface area contributed by atoms with Crippen molar-refractivity contribution in [2.75, 3.05) is 0 Å². The molecular formula is C15H23N2O4-. The molecule has 0 saturated heterocycles. The number of carbonyl (C=O) groups excluding carboxylic acids is 1. The molecule has 6 heteroatoms. The van der Waals surface area contributed by atoms with Crippen LogP contribution in [0.25, 0.3) is 0 Å². The smallest absolute Gasteiger partial charge is 0.329 e. The van der Waals surface area contributed by atoms with Gasteiger partial charge in [0.25, 0.3) is 5.56 Å². The maximum atomic E-state index is 12.1. The van der Waals surface area contributed by atoms with Gasteiger partial charge in [0.15, 0.2) is 5.78 Å². The average molecular weight is 295 g/mol. The topological polar surface area (TPSA) is 84.1 Å². The van der Waals surface area contributed by atoms with E-state index in [2.05, 4.69) is 6.92 Å². The molecule has 0 aromatic carbocycles. The minimum atomic E-state index is -0.793. The van der Waals surface area contributed by atoms with E-state index in [0.29, 0.717) is 6.42 Å². The van der Waals surface area contributed by atoms with Crippen LogP contribution in [0.5, 0.6) is 5.88 Å². The van der Waals surface area contributed by atoms with Crippen molar-refractivity contribution in [3.63, 3.8) is 0 Å². The molecule has 1 aromatic rings. The Kier molecular flexibility index (Phi) is 6.39. The number of Topliss-reactive ketones (excluding diaryl/α,β-unsaturated/α-hetero) is 1. The molecule has 0 aliphatic heterocycles. The molecule has 0 radical (unpaired) electrons. The molecule has 0 saturated carbocycles. The number of nitrogens with zero attached hydrogens (tertiary/aromatic N) is 2. The number of aromatic nitrogens is 2. The fraction of sp³-hybridized carbons (Fsp3) is 0.667. The lowest BCUT2D eigenvalue weighted by molar-refractivity contribution is -0.280. The molecule has 0 N–H and O–H groups in total. The first-order chi connectivity index (χ1) is 9.91. The van der Waals surface area contributed by atoms with E-state index in [1.165, 1.54) is 20.5 Å². The maximum Gasteiger partial charge on any atom is 0.329 e. The first-order valence-electron chi connectivity index (χ1n) is 7.42. The fourth-order valence-electron chi connectivity index (χ4n) is 2.26. The highest BCUT2D eigenvalue weighted by molar-refractivity contribution is 5.97. The summed E-state index contributed by atoms with van der Waals surface area (Å²) < 4.78 is 1.60. The van der Waals surface area contributed by atoms with Gasteiger partial charge in [0.05, 0.1) is 5.56 Å². The number of rotatable bonds is 8. The monoisotopic (exact) mass is 295 g/mol. The highest BCUT2D eigenvalue weighted by Gasteiger charge is 2.16. The molecule has 0 unspecified atom stereocenters. The zero-order valence-corrected chi connectivity index (χ0v) is 13.0. The predicted octanol–water partition coefficient (Wildman–Crippen LogP) is 1.09. The second kappa shape index (κ2) is 7.81. The first kappa shape index (κ1) is 17.2. The van der Waals surface area contributed by atoms with E-state index in [-0.39, 0.29) is 6.42 Å². The van der Waals surface area contributed by atoms with Crippen molar-refractivity contribution in [1.82, 2.24) is 9.13 Å². The second-order valence-corrected chi connectivity index (χ2v) is 5.33. The van der Waals surface area contributed by atoms with Crippen molar-refractivity contribution in [3.8, 4) is 5.88 Å². The van der Waals surface area contributed by atoms with Gasteiger partial charge in [0, 0.05) is 20.5 Å². The summed E-state index contributed by atoms with van der Waals surface area (Å²) in [4.78, 5) is 35.5. The van der Waals surface area contributed by atoms with Crippen LogP contribution in [0, 0.1) is 0 Å². The van der Waals surface area contributed by atoms with Crippen LogP contribution in [-0.2, 0) is 14.1 Å². The van der Waals surface area contributed by atoms with Gasteiger partial charge in [0.2, 0.25) is 0 Å². The van der Waals surface area contributed by atoms with Crippen LogP contribution >= 0.6 is 0 Å². The van der Waals surface area contributed by atoms with E-state index in [1.807, 2.05) is 0 Å². The summed E-state index contributed by atoms with van der Waals surface area (Å²) >= 11 is 0. The Morgan fingerprint density at radius 2 is 1.57 bits per heavy atom. The Labute approximate surface area is 124 Å². The summed E-state index contributed by atoms with van der Waals surface area (Å²) in [7, 11) is 2.54. The normalized spacial score (nSPS) is 10.8. The van der Waals surface area contributed by atoms with Gasteiger partial charge in [0.1, 0.15) is 0 Å². The van der Waals surface area contributed by atoms with Crippen molar-refractivity contribution in [1.29, 1.82) is 0 Å². The molecule has 1 heterocycles. The van der Waals surface area contributed by atoms with E-state index >= 15 is 0 Å². The number of unbranched alkanes of at least 4 members (excludes halogenated alkanes) is 5. The van der Waals surface area contributed by atoms with Gasteiger partial charge in [-0.1, -0.05) is 39.0 Å². The van der Waals surface area contributed by atoms with Crippen molar-refractivity contribution < 1.29 is 9.90 Å². The lowest BCUT2D eigenvalue weighted by Gasteiger charge is -2.17. The van der Waals surface area contributed by atoms with Crippen LogP contribution in [0.15, 0.2) is 9.59 Å². The van der Waals surface area contributed by atoms with Gasteiger partial charge in [-0.2, -0.15) is 0 Å². The molecule has 0 aliphatic rings. The molecule has 0 fully saturated rings. The Hall–Kier alpha value is -1.85. The summed E-state index contributed by atoms with van der Waals surface area (Å²) in [5.41, 5.74) is -1.90. The average Bonchev–Trinajstić information content (AvgIpc) is 2.47. The van der Waals surface area contributed by atoms with Crippen LogP contribution in [0.1, 0.15) is 62.2 Å². The number of carbonyl (C=O) groups is 1. The Morgan fingerprint density at radius 3 is 2.19 bits per heavy atom. The third kappa shape index (κ3) is 4.06. The van der Waals surface area contributed by atoms with Crippen LogP contribution in [0.4, 0.5) is 0 Å². The van der Waals surface area contributed by atoms with E-state index in [1.54, 1.807) is 0 Å². The molecular weight excluding hydrogens is 272 g/mol. The molecule has 0 atom stereocenters. The molecule has 0 spiro atoms. The molecule has 0 aliphatic carbocycles. The molecule has 6 nitrogen and oxygen atoms in total. The zero-order chi connectivity index (χ0) is 16.0. The zero-order valence-electron chi connectivity index (χ0n) is 13.0. The highest BCUT2D eigenvalue weighted by atomic mass is 16.3. The van der Waals surface area contributed by atoms with Gasteiger partial charge in [-0.15, -0.1) is 0 Å². The van der Waals surface area contributed by atoms with Crippen LogP contribution in [0.3, 0.4) is 0 Å². The van der Waals surface area contributed by atoms with Crippen molar-refractivity contribution >= 4 is 5.78 Å². The molecule has 0 bridgehead atoms. The van der Waals surface area contributed by atoms with Gasteiger partial charge in [-0.25, -0.2) is 4.79 Å². The van der Waals surface area contributed by atoms with Gasteiger partial charge in [-0.3, -0.25) is 14.2 Å². The van der Waals surface area contributed by atoms with Crippen LogP contribution < -0.4 is 16.4 Å². The Morgan fingerprint density at radius 1 is 1.00 bits per heavy atom. The van der Waals surface area contributed by atoms with Crippen molar-refractivity contribution in [3.05, 3.63) is 26.4 Å². The summed E-state index contributed by atoms with van der Waals surface area (Å²) in [6, 6.07) is 0. The predicted molar refractivity (Wildman–Crippen MR) is 78.7 cm³/mol. The number of hydrogen-bond acceptors (Lipinski definition) is 4. The van der Waals surface area contributed by atoms with E-state index < -0.39 is 28.5 Å². The summed E-state index contributed by atoms with van der Waals surface area (Å²) in [5.74, 6) is -1.26. The summed E-state index contributed by atoms with van der Waals surface area (Å²) in [5, 5.41) is 11.9. The second-order valence-electron chi connectivity index (χ2n) is 5.33. The molecule has 0 amide bonds. The van der Waals surface area contributed by atoms with E-state index in [4.69, 9.17) is 0 Å². The lowest BCUT2D eigenvalue weighted by atomic mass is 10.0. The van der Waals surface area contributed by atoms with Gasteiger partial charge >= 0.3 is 5.69 Å². The molecule has 1 rings (SSSR count). The summed E-state index contributed by atoms with van der Waals surface area (Å²) in [6.07, 6.45) is 6.27. The highest BCUT2D eigenvalue weighted by Crippen LogP contribution is 2.12. The minimum Gasteiger partial charge on any atom is -0.859 e. The minimum absolute atomic E-state index is 0.175. The molecule has 118 valence electrons.